The Morgan fingerprint density at radius 2 is 1.59 bits per heavy atom. The minimum atomic E-state index is -4.28. The lowest BCUT2D eigenvalue weighted by Gasteiger charge is -2.33. The second kappa shape index (κ2) is 15.3. The molecule has 1 N–H and O–H groups in total. The first-order valence-corrected chi connectivity index (χ1v) is 16.6. The van der Waals surface area contributed by atoms with Crippen LogP contribution in [0.5, 0.6) is 11.5 Å². The van der Waals surface area contributed by atoms with Crippen molar-refractivity contribution in [2.75, 3.05) is 31.6 Å². The number of halogens is 1. The SMILES string of the molecule is COc1ccc(S(=O)(=O)N(CC(=O)N(CCc2ccccc2)[C@H](C)C(=O)NC2CCCCC2)c2ccc(Cl)cc2)cc1OC. The van der Waals surface area contributed by atoms with Crippen LogP contribution in [0.4, 0.5) is 5.69 Å². The molecule has 0 bridgehead atoms. The summed E-state index contributed by atoms with van der Waals surface area (Å²) in [6, 6.07) is 19.4. The van der Waals surface area contributed by atoms with Crippen LogP contribution < -0.4 is 19.1 Å². The summed E-state index contributed by atoms with van der Waals surface area (Å²) < 4.78 is 39.9. The van der Waals surface area contributed by atoms with Crippen LogP contribution in [0.25, 0.3) is 0 Å². The van der Waals surface area contributed by atoms with E-state index in [2.05, 4.69) is 5.32 Å². The lowest BCUT2D eigenvalue weighted by molar-refractivity contribution is -0.139. The molecule has 0 spiro atoms. The molecule has 3 aromatic rings. The monoisotopic (exact) mass is 641 g/mol. The van der Waals surface area contributed by atoms with Gasteiger partial charge in [-0.15, -0.1) is 0 Å². The lowest BCUT2D eigenvalue weighted by Crippen LogP contribution is -2.53. The molecule has 0 saturated heterocycles. The molecule has 1 aliphatic rings. The normalized spacial score (nSPS) is 14.4. The van der Waals surface area contributed by atoms with Crippen LogP contribution in [0.3, 0.4) is 0 Å². The molecule has 0 heterocycles. The number of benzene rings is 3. The van der Waals surface area contributed by atoms with Gasteiger partial charge in [0, 0.05) is 23.7 Å². The maximum atomic E-state index is 14.1. The van der Waals surface area contributed by atoms with Gasteiger partial charge in [-0.2, -0.15) is 0 Å². The van der Waals surface area contributed by atoms with Crippen LogP contribution in [0, 0.1) is 0 Å². The number of carbonyl (C=O) groups excluding carboxylic acids is 2. The molecule has 1 saturated carbocycles. The van der Waals surface area contributed by atoms with Gasteiger partial charge in [0.15, 0.2) is 11.5 Å². The maximum absolute atomic E-state index is 14.1. The zero-order valence-electron chi connectivity index (χ0n) is 25.4. The Hall–Kier alpha value is -3.76. The standard InChI is InChI=1S/C33H40ClN3O6S/c1-24(33(39)35-27-12-8-5-9-13-27)36(21-20-25-10-6-4-7-11-25)32(38)23-37(28-16-14-26(34)15-17-28)44(40,41)29-18-19-30(42-2)31(22-29)43-3/h4,6-7,10-11,14-19,22,24,27H,5,8-9,12-13,20-21,23H2,1-3H3,(H,35,39)/t24-/m1/s1. The number of rotatable bonds is 13. The van der Waals surface area contributed by atoms with Gasteiger partial charge in [0.2, 0.25) is 11.8 Å². The van der Waals surface area contributed by atoms with E-state index in [1.165, 1.54) is 37.3 Å². The summed E-state index contributed by atoms with van der Waals surface area (Å²) >= 11 is 6.11. The number of nitrogens with one attached hydrogen (secondary N) is 1. The fourth-order valence-corrected chi connectivity index (χ4v) is 6.94. The second-order valence-corrected chi connectivity index (χ2v) is 13.1. The quantitative estimate of drug-likeness (QED) is 0.266. The second-order valence-electron chi connectivity index (χ2n) is 10.8. The summed E-state index contributed by atoms with van der Waals surface area (Å²) in [5.41, 5.74) is 1.25. The highest BCUT2D eigenvalue weighted by Gasteiger charge is 2.33. The summed E-state index contributed by atoms with van der Waals surface area (Å²) in [7, 11) is -1.41. The Morgan fingerprint density at radius 1 is 0.932 bits per heavy atom. The van der Waals surface area contributed by atoms with Gasteiger partial charge in [-0.1, -0.05) is 61.2 Å². The van der Waals surface area contributed by atoms with Gasteiger partial charge in [0.1, 0.15) is 12.6 Å². The first-order chi connectivity index (χ1) is 21.1. The highest BCUT2D eigenvalue weighted by molar-refractivity contribution is 7.92. The van der Waals surface area contributed by atoms with Gasteiger partial charge in [-0.3, -0.25) is 13.9 Å². The van der Waals surface area contributed by atoms with E-state index in [0.717, 1.165) is 42.0 Å². The van der Waals surface area contributed by atoms with Gasteiger partial charge < -0.3 is 19.7 Å². The van der Waals surface area contributed by atoms with E-state index in [4.69, 9.17) is 21.1 Å². The van der Waals surface area contributed by atoms with Crippen LogP contribution >= 0.6 is 11.6 Å². The molecule has 1 fully saturated rings. The van der Waals surface area contributed by atoms with Crippen LogP contribution in [-0.2, 0) is 26.0 Å². The Labute approximate surface area is 265 Å². The molecular formula is C33H40ClN3O6S. The van der Waals surface area contributed by atoms with Crippen molar-refractivity contribution in [3.05, 3.63) is 83.4 Å². The number of hydrogen-bond donors (Lipinski definition) is 1. The van der Waals surface area contributed by atoms with Crippen LogP contribution in [-0.4, -0.2) is 64.5 Å². The Bertz CT molecular complexity index is 1510. The molecule has 1 aliphatic carbocycles. The zero-order valence-corrected chi connectivity index (χ0v) is 26.9. The molecule has 3 aromatic carbocycles. The van der Waals surface area contributed by atoms with Crippen LogP contribution in [0.15, 0.2) is 77.7 Å². The number of ether oxygens (including phenoxy) is 2. The first-order valence-electron chi connectivity index (χ1n) is 14.8. The summed E-state index contributed by atoms with van der Waals surface area (Å²) in [6.45, 7) is 1.39. The van der Waals surface area contributed by atoms with Crippen molar-refractivity contribution in [2.24, 2.45) is 0 Å². The summed E-state index contributed by atoms with van der Waals surface area (Å²) in [5, 5.41) is 3.54. The van der Waals surface area contributed by atoms with E-state index >= 15 is 0 Å². The van der Waals surface area contributed by atoms with Gasteiger partial charge in [-0.05, 0) is 68.1 Å². The number of amides is 2. The number of anilines is 1. The van der Waals surface area contributed by atoms with Crippen molar-refractivity contribution in [1.82, 2.24) is 10.2 Å². The Kier molecular flexibility index (Phi) is 11.5. The van der Waals surface area contributed by atoms with Crippen molar-refractivity contribution in [3.63, 3.8) is 0 Å². The largest absolute Gasteiger partial charge is 0.493 e. The van der Waals surface area contributed by atoms with E-state index in [9.17, 15) is 18.0 Å². The first kappa shape index (κ1) is 33.1. The molecular weight excluding hydrogens is 602 g/mol. The van der Waals surface area contributed by atoms with E-state index in [-0.39, 0.29) is 34.8 Å². The van der Waals surface area contributed by atoms with Crippen molar-refractivity contribution >= 4 is 39.1 Å². The molecule has 1 atom stereocenters. The minimum Gasteiger partial charge on any atom is -0.493 e. The summed E-state index contributed by atoms with van der Waals surface area (Å²) in [5.74, 6) is -0.163. The van der Waals surface area contributed by atoms with E-state index in [0.29, 0.717) is 17.2 Å². The van der Waals surface area contributed by atoms with Crippen LogP contribution in [0.1, 0.15) is 44.6 Å². The third kappa shape index (κ3) is 8.24. The van der Waals surface area contributed by atoms with Gasteiger partial charge in [-0.25, -0.2) is 8.42 Å². The number of hydrogen-bond acceptors (Lipinski definition) is 6. The highest BCUT2D eigenvalue weighted by atomic mass is 35.5. The molecule has 0 aliphatic heterocycles. The van der Waals surface area contributed by atoms with E-state index in [1.54, 1.807) is 31.2 Å². The molecule has 2 amide bonds. The van der Waals surface area contributed by atoms with Gasteiger partial charge >= 0.3 is 0 Å². The molecule has 11 heteroatoms. The van der Waals surface area contributed by atoms with Crippen LogP contribution in [0.2, 0.25) is 5.02 Å². The summed E-state index contributed by atoms with van der Waals surface area (Å²) in [6.07, 6.45) is 5.57. The van der Waals surface area contributed by atoms with Crippen molar-refractivity contribution in [1.29, 1.82) is 0 Å². The predicted octanol–water partition coefficient (Wildman–Crippen LogP) is 5.46. The minimum absolute atomic E-state index is 0.0702. The molecule has 0 aromatic heterocycles. The predicted molar refractivity (Wildman–Crippen MR) is 172 cm³/mol. The van der Waals surface area contributed by atoms with Crippen molar-refractivity contribution < 1.29 is 27.5 Å². The lowest BCUT2D eigenvalue weighted by atomic mass is 9.95. The molecule has 0 radical (unpaired) electrons. The highest BCUT2D eigenvalue weighted by Crippen LogP contribution is 2.32. The van der Waals surface area contributed by atoms with E-state index < -0.39 is 28.5 Å². The molecule has 236 valence electrons. The molecule has 4 rings (SSSR count). The fourth-order valence-electron chi connectivity index (χ4n) is 5.38. The number of sulfonamides is 1. The van der Waals surface area contributed by atoms with Gasteiger partial charge in [0.25, 0.3) is 10.0 Å². The number of carbonyl (C=O) groups is 2. The molecule has 9 nitrogen and oxygen atoms in total. The summed E-state index contributed by atoms with van der Waals surface area (Å²) in [4.78, 5) is 28.9. The third-order valence-electron chi connectivity index (χ3n) is 7.94. The zero-order chi connectivity index (χ0) is 31.7. The molecule has 44 heavy (non-hydrogen) atoms. The smallest absolute Gasteiger partial charge is 0.264 e. The fraction of sp³-hybridized carbons (Fsp3) is 0.394. The third-order valence-corrected chi connectivity index (χ3v) is 9.96. The van der Waals surface area contributed by atoms with Crippen molar-refractivity contribution in [3.8, 4) is 11.5 Å². The molecule has 0 unspecified atom stereocenters. The number of nitrogens with zero attached hydrogens (tertiary/aromatic N) is 2. The topological polar surface area (TPSA) is 105 Å². The van der Waals surface area contributed by atoms with Gasteiger partial charge in [0.05, 0.1) is 24.8 Å². The van der Waals surface area contributed by atoms with Crippen molar-refractivity contribution in [2.45, 2.75) is 62.4 Å². The van der Waals surface area contributed by atoms with E-state index in [1.807, 2.05) is 30.3 Å². The maximum Gasteiger partial charge on any atom is 0.264 e. The number of methoxy groups -OCH3 is 2. The Balaban J connectivity index is 1.66. The Morgan fingerprint density at radius 3 is 2.23 bits per heavy atom. The average Bonchev–Trinajstić information content (AvgIpc) is 3.04. The average molecular weight is 642 g/mol.